The maximum Gasteiger partial charge on any atom is 0.0502 e. The van der Waals surface area contributed by atoms with E-state index in [1.54, 1.807) is 0 Å². The molecule has 0 radical (unpaired) electrons. The zero-order valence-electron chi connectivity index (χ0n) is 27.3. The molecule has 0 N–H and O–H groups in total. The Balaban J connectivity index is 1.31. The van der Waals surface area contributed by atoms with Gasteiger partial charge >= 0.3 is 0 Å². The number of benzene rings is 6. The van der Waals surface area contributed by atoms with E-state index in [1.165, 1.54) is 46.5 Å². The van der Waals surface area contributed by atoms with Crippen molar-refractivity contribution in [1.29, 1.82) is 0 Å². The molecule has 46 heavy (non-hydrogen) atoms. The normalized spacial score (nSPS) is 14.7. The molecule has 0 saturated heterocycles. The summed E-state index contributed by atoms with van der Waals surface area (Å²) >= 11 is 0. The number of hydrogen-bond acceptors (Lipinski definition) is 2. The van der Waals surface area contributed by atoms with Crippen molar-refractivity contribution in [1.82, 2.24) is 0 Å². The number of para-hydroxylation sites is 3. The maximum atomic E-state index is 2.46. The van der Waals surface area contributed by atoms with Gasteiger partial charge in [-0.3, -0.25) is 0 Å². The van der Waals surface area contributed by atoms with Crippen LogP contribution in [0.1, 0.15) is 51.7 Å². The van der Waals surface area contributed by atoms with E-state index in [2.05, 4.69) is 195 Å². The largest absolute Gasteiger partial charge is 0.311 e. The fraction of sp³-hybridized carbons (Fsp3) is 0.182. The van der Waals surface area contributed by atoms with Crippen LogP contribution in [0, 0.1) is 0 Å². The SMILES string of the molecule is CC1(C)CCC(C)(C)c2c(N(c3ccccc3)c3cccc(-c4ccc(N(c5ccccc5)c5ccccc5)cc4)c3)cccc21. The molecule has 0 aromatic heterocycles. The van der Waals surface area contributed by atoms with Gasteiger partial charge in [0.05, 0.1) is 5.69 Å². The van der Waals surface area contributed by atoms with Crippen molar-refractivity contribution in [3.8, 4) is 11.1 Å². The van der Waals surface area contributed by atoms with Crippen molar-refractivity contribution in [2.75, 3.05) is 9.80 Å². The Hall–Kier alpha value is -5.08. The minimum Gasteiger partial charge on any atom is -0.311 e. The summed E-state index contributed by atoms with van der Waals surface area (Å²) in [5, 5.41) is 0. The molecule has 1 aliphatic carbocycles. The van der Waals surface area contributed by atoms with E-state index >= 15 is 0 Å². The third kappa shape index (κ3) is 5.61. The van der Waals surface area contributed by atoms with Gasteiger partial charge in [0.2, 0.25) is 0 Å². The third-order valence-corrected chi connectivity index (χ3v) is 9.67. The standard InChI is InChI=1S/C44H42N2/c1-43(2)30-31-44(3,4)42-40(43)24-15-25-41(42)46(37-21-12-7-13-22-37)39-23-14-16-34(32-39)33-26-28-38(29-27-33)45(35-17-8-5-9-18-35)36-19-10-6-11-20-36/h5-29,32H,30-31H2,1-4H3. The Morgan fingerprint density at radius 3 is 1.46 bits per heavy atom. The van der Waals surface area contributed by atoms with Crippen LogP contribution in [-0.2, 0) is 10.8 Å². The van der Waals surface area contributed by atoms with Gasteiger partial charge in [-0.2, -0.15) is 0 Å². The van der Waals surface area contributed by atoms with Gasteiger partial charge < -0.3 is 9.80 Å². The molecular formula is C44H42N2. The first-order valence-electron chi connectivity index (χ1n) is 16.4. The smallest absolute Gasteiger partial charge is 0.0502 e. The van der Waals surface area contributed by atoms with E-state index in [0.717, 1.165) is 22.7 Å². The first-order chi connectivity index (χ1) is 22.3. The molecule has 0 fully saturated rings. The lowest BCUT2D eigenvalue weighted by Crippen LogP contribution is -2.35. The lowest BCUT2D eigenvalue weighted by Gasteiger charge is -2.44. The average Bonchev–Trinajstić information content (AvgIpc) is 3.09. The van der Waals surface area contributed by atoms with Gasteiger partial charge in [0.15, 0.2) is 0 Å². The van der Waals surface area contributed by atoms with E-state index in [0.29, 0.717) is 0 Å². The van der Waals surface area contributed by atoms with E-state index in [4.69, 9.17) is 0 Å². The number of rotatable bonds is 7. The fourth-order valence-corrected chi connectivity index (χ4v) is 7.12. The highest BCUT2D eigenvalue weighted by Crippen LogP contribution is 2.51. The zero-order chi connectivity index (χ0) is 31.7. The lowest BCUT2D eigenvalue weighted by atomic mass is 9.62. The second-order valence-electron chi connectivity index (χ2n) is 13.7. The van der Waals surface area contributed by atoms with Crippen LogP contribution >= 0.6 is 0 Å². The van der Waals surface area contributed by atoms with Gasteiger partial charge in [0, 0.05) is 28.4 Å². The van der Waals surface area contributed by atoms with Gasteiger partial charge in [0.1, 0.15) is 0 Å². The summed E-state index contributed by atoms with van der Waals surface area (Å²) in [4.78, 5) is 4.77. The predicted octanol–water partition coefficient (Wildman–Crippen LogP) is 12.6. The molecule has 0 amide bonds. The number of hydrogen-bond donors (Lipinski definition) is 0. The number of anilines is 6. The van der Waals surface area contributed by atoms with Crippen LogP contribution in [0.25, 0.3) is 11.1 Å². The molecule has 1 aliphatic rings. The molecule has 0 atom stereocenters. The summed E-state index contributed by atoms with van der Waals surface area (Å²) in [6, 6.07) is 56.9. The molecule has 0 spiro atoms. The summed E-state index contributed by atoms with van der Waals surface area (Å²) in [5.74, 6) is 0. The second-order valence-corrected chi connectivity index (χ2v) is 13.7. The van der Waals surface area contributed by atoms with Gasteiger partial charge in [-0.05, 0) is 113 Å². The van der Waals surface area contributed by atoms with Crippen molar-refractivity contribution in [3.63, 3.8) is 0 Å². The predicted molar refractivity (Wildman–Crippen MR) is 197 cm³/mol. The van der Waals surface area contributed by atoms with E-state index in [9.17, 15) is 0 Å². The van der Waals surface area contributed by atoms with E-state index in [-0.39, 0.29) is 10.8 Å². The number of fused-ring (bicyclic) bond motifs is 1. The van der Waals surface area contributed by atoms with Crippen LogP contribution in [0.2, 0.25) is 0 Å². The molecular weight excluding hydrogens is 556 g/mol. The third-order valence-electron chi connectivity index (χ3n) is 9.67. The van der Waals surface area contributed by atoms with Crippen molar-refractivity contribution < 1.29 is 0 Å². The Morgan fingerprint density at radius 2 is 0.870 bits per heavy atom. The minimum atomic E-state index is 0.0747. The monoisotopic (exact) mass is 598 g/mol. The molecule has 0 bridgehead atoms. The molecule has 2 heteroatoms. The van der Waals surface area contributed by atoms with Gasteiger partial charge in [-0.1, -0.05) is 119 Å². The van der Waals surface area contributed by atoms with Gasteiger partial charge in [-0.15, -0.1) is 0 Å². The average molecular weight is 599 g/mol. The molecule has 7 rings (SSSR count). The van der Waals surface area contributed by atoms with Crippen LogP contribution in [0.15, 0.2) is 158 Å². The molecule has 6 aromatic carbocycles. The highest BCUT2D eigenvalue weighted by atomic mass is 15.1. The van der Waals surface area contributed by atoms with Crippen LogP contribution in [0.5, 0.6) is 0 Å². The molecule has 0 unspecified atom stereocenters. The Bertz CT molecular complexity index is 1880. The summed E-state index contributed by atoms with van der Waals surface area (Å²) in [7, 11) is 0. The first-order valence-corrected chi connectivity index (χ1v) is 16.4. The number of nitrogens with zero attached hydrogens (tertiary/aromatic N) is 2. The van der Waals surface area contributed by atoms with Crippen LogP contribution in [0.3, 0.4) is 0 Å². The van der Waals surface area contributed by atoms with Crippen molar-refractivity contribution in [2.45, 2.75) is 51.4 Å². The molecule has 0 saturated carbocycles. The van der Waals surface area contributed by atoms with Gasteiger partial charge in [0.25, 0.3) is 0 Å². The Kier molecular flexibility index (Phi) is 7.74. The van der Waals surface area contributed by atoms with E-state index in [1.807, 2.05) is 0 Å². The van der Waals surface area contributed by atoms with Gasteiger partial charge in [-0.25, -0.2) is 0 Å². The van der Waals surface area contributed by atoms with Crippen LogP contribution in [-0.4, -0.2) is 0 Å². The fourth-order valence-electron chi connectivity index (χ4n) is 7.12. The van der Waals surface area contributed by atoms with E-state index < -0.39 is 0 Å². The van der Waals surface area contributed by atoms with Crippen molar-refractivity contribution in [2.24, 2.45) is 0 Å². The molecule has 0 heterocycles. The van der Waals surface area contributed by atoms with Crippen LogP contribution < -0.4 is 9.80 Å². The second kappa shape index (κ2) is 12.0. The highest BCUT2D eigenvalue weighted by Gasteiger charge is 2.39. The minimum absolute atomic E-state index is 0.0747. The summed E-state index contributed by atoms with van der Waals surface area (Å²) in [6.07, 6.45) is 2.36. The molecule has 2 nitrogen and oxygen atoms in total. The Labute approximate surface area is 274 Å². The van der Waals surface area contributed by atoms with Crippen molar-refractivity contribution >= 4 is 34.1 Å². The topological polar surface area (TPSA) is 6.48 Å². The zero-order valence-corrected chi connectivity index (χ0v) is 27.3. The molecule has 0 aliphatic heterocycles. The first kappa shape index (κ1) is 29.6. The van der Waals surface area contributed by atoms with Crippen molar-refractivity contribution in [3.05, 3.63) is 169 Å². The maximum absolute atomic E-state index is 2.46. The Morgan fingerprint density at radius 1 is 0.391 bits per heavy atom. The molecule has 6 aromatic rings. The quantitative estimate of drug-likeness (QED) is 0.180. The lowest BCUT2D eigenvalue weighted by molar-refractivity contribution is 0.332. The summed E-state index contributed by atoms with van der Waals surface area (Å²) in [6.45, 7) is 9.64. The highest BCUT2D eigenvalue weighted by molar-refractivity contribution is 5.84. The summed E-state index contributed by atoms with van der Waals surface area (Å²) < 4.78 is 0. The molecule has 228 valence electrons. The van der Waals surface area contributed by atoms with Crippen LogP contribution in [0.4, 0.5) is 34.1 Å². The summed E-state index contributed by atoms with van der Waals surface area (Å²) in [5.41, 5.74) is 12.5.